The van der Waals surface area contributed by atoms with Crippen molar-refractivity contribution >= 4 is 11.3 Å². The first-order valence-electron chi connectivity index (χ1n) is 7.53. The van der Waals surface area contributed by atoms with Crippen molar-refractivity contribution in [3.63, 3.8) is 0 Å². The number of hydrogen-bond acceptors (Lipinski definition) is 4. The van der Waals surface area contributed by atoms with E-state index in [4.69, 9.17) is 15.5 Å². The van der Waals surface area contributed by atoms with Gasteiger partial charge in [-0.2, -0.15) is 0 Å². The fourth-order valence-electron chi connectivity index (χ4n) is 2.84. The monoisotopic (exact) mass is 324 g/mol. The molecule has 0 saturated heterocycles. The third-order valence-corrected chi connectivity index (χ3v) is 4.75. The molecule has 2 aromatic carbocycles. The summed E-state index contributed by atoms with van der Waals surface area (Å²) in [5, 5.41) is 3.07. The molecule has 118 valence electrons. The van der Waals surface area contributed by atoms with Crippen LogP contribution in [0.5, 0.6) is 5.75 Å². The van der Waals surface area contributed by atoms with Crippen molar-refractivity contribution in [3.05, 3.63) is 58.5 Å². The summed E-state index contributed by atoms with van der Waals surface area (Å²) in [4.78, 5) is 4.83. The molecule has 1 heterocycles. The lowest BCUT2D eigenvalue weighted by molar-refractivity contribution is 0.413. The molecule has 1 aromatic heterocycles. The molecule has 2 N–H and O–H groups in total. The summed E-state index contributed by atoms with van der Waals surface area (Å²) in [5.74, 6) is 0.888. The van der Waals surface area contributed by atoms with Gasteiger partial charge in [0.15, 0.2) is 0 Å². The topological polar surface area (TPSA) is 48.1 Å². The normalized spacial score (nSPS) is 10.8. The SMILES string of the molecule is COc1c(C)cc(C)cc1-c1csc(-c2ccccc2CN)n1. The number of nitrogens with two attached hydrogens (primary N) is 1. The molecule has 3 nitrogen and oxygen atoms in total. The number of benzene rings is 2. The molecule has 0 atom stereocenters. The van der Waals surface area contributed by atoms with Crippen molar-refractivity contribution in [2.45, 2.75) is 20.4 Å². The number of hydrogen-bond donors (Lipinski definition) is 1. The molecule has 23 heavy (non-hydrogen) atoms. The fraction of sp³-hybridized carbons (Fsp3) is 0.211. The summed E-state index contributed by atoms with van der Waals surface area (Å²) in [7, 11) is 1.71. The summed E-state index contributed by atoms with van der Waals surface area (Å²) < 4.78 is 5.59. The minimum Gasteiger partial charge on any atom is -0.496 e. The zero-order valence-corrected chi connectivity index (χ0v) is 14.4. The Morgan fingerprint density at radius 3 is 2.65 bits per heavy atom. The molecule has 4 heteroatoms. The van der Waals surface area contributed by atoms with Gasteiger partial charge >= 0.3 is 0 Å². The maximum absolute atomic E-state index is 5.85. The highest BCUT2D eigenvalue weighted by molar-refractivity contribution is 7.13. The van der Waals surface area contributed by atoms with Gasteiger partial charge in [-0.1, -0.05) is 30.3 Å². The van der Waals surface area contributed by atoms with Crippen LogP contribution in [0.4, 0.5) is 0 Å². The van der Waals surface area contributed by atoms with E-state index in [1.807, 2.05) is 18.2 Å². The third-order valence-electron chi connectivity index (χ3n) is 3.87. The predicted octanol–water partition coefficient (Wildman–Crippen LogP) is 4.56. The Bertz CT molecular complexity index is 839. The average molecular weight is 324 g/mol. The second-order valence-electron chi connectivity index (χ2n) is 5.56. The first-order valence-corrected chi connectivity index (χ1v) is 8.41. The van der Waals surface area contributed by atoms with Gasteiger partial charge in [-0.3, -0.25) is 0 Å². The molecule has 0 bridgehead atoms. The van der Waals surface area contributed by atoms with Crippen molar-refractivity contribution in [2.75, 3.05) is 7.11 Å². The van der Waals surface area contributed by atoms with Crippen LogP contribution >= 0.6 is 11.3 Å². The molecule has 0 unspecified atom stereocenters. The lowest BCUT2D eigenvalue weighted by Gasteiger charge is -2.11. The van der Waals surface area contributed by atoms with E-state index in [-0.39, 0.29) is 0 Å². The Morgan fingerprint density at radius 2 is 1.91 bits per heavy atom. The van der Waals surface area contributed by atoms with Crippen molar-refractivity contribution in [1.82, 2.24) is 4.98 Å². The van der Waals surface area contributed by atoms with E-state index in [0.717, 1.165) is 38.7 Å². The minimum absolute atomic E-state index is 0.512. The van der Waals surface area contributed by atoms with Crippen LogP contribution in [0.1, 0.15) is 16.7 Å². The molecule has 0 aliphatic carbocycles. The van der Waals surface area contributed by atoms with Crippen LogP contribution in [0, 0.1) is 13.8 Å². The first kappa shape index (κ1) is 15.7. The summed E-state index contributed by atoms with van der Waals surface area (Å²) in [6.45, 7) is 4.66. The van der Waals surface area contributed by atoms with Gasteiger partial charge in [-0.15, -0.1) is 11.3 Å². The van der Waals surface area contributed by atoms with Gasteiger partial charge < -0.3 is 10.5 Å². The first-order chi connectivity index (χ1) is 11.1. The fourth-order valence-corrected chi connectivity index (χ4v) is 3.72. The van der Waals surface area contributed by atoms with Crippen LogP contribution < -0.4 is 10.5 Å². The summed E-state index contributed by atoms with van der Waals surface area (Å²) in [5.41, 5.74) is 12.4. The highest BCUT2D eigenvalue weighted by Crippen LogP contribution is 2.37. The van der Waals surface area contributed by atoms with E-state index < -0.39 is 0 Å². The molecule has 3 aromatic rings. The second-order valence-corrected chi connectivity index (χ2v) is 6.42. The van der Waals surface area contributed by atoms with Crippen LogP contribution in [0.2, 0.25) is 0 Å². The number of nitrogens with zero attached hydrogens (tertiary/aromatic N) is 1. The maximum Gasteiger partial charge on any atom is 0.131 e. The van der Waals surface area contributed by atoms with E-state index >= 15 is 0 Å². The van der Waals surface area contributed by atoms with Crippen molar-refractivity contribution in [2.24, 2.45) is 5.73 Å². The van der Waals surface area contributed by atoms with E-state index in [9.17, 15) is 0 Å². The zero-order chi connectivity index (χ0) is 16.4. The number of rotatable bonds is 4. The Labute approximate surface area is 140 Å². The Hall–Kier alpha value is -2.17. The van der Waals surface area contributed by atoms with Gasteiger partial charge in [0.25, 0.3) is 0 Å². The molecule has 0 aliphatic heterocycles. The minimum atomic E-state index is 0.512. The quantitative estimate of drug-likeness (QED) is 0.765. The molecule has 0 amide bonds. The summed E-state index contributed by atoms with van der Waals surface area (Å²) >= 11 is 1.64. The number of thiazole rings is 1. The predicted molar refractivity (Wildman–Crippen MR) is 96.9 cm³/mol. The molecule has 3 rings (SSSR count). The standard InChI is InChI=1S/C19H20N2OS/c1-12-8-13(2)18(22-3)16(9-12)17-11-23-19(21-17)15-7-5-4-6-14(15)10-20/h4-9,11H,10,20H2,1-3H3. The van der Waals surface area contributed by atoms with Crippen molar-refractivity contribution < 1.29 is 4.74 Å². The van der Waals surface area contributed by atoms with Gasteiger partial charge in [0.1, 0.15) is 10.8 Å². The van der Waals surface area contributed by atoms with Gasteiger partial charge in [-0.25, -0.2) is 4.98 Å². The number of aromatic nitrogens is 1. The highest BCUT2D eigenvalue weighted by Gasteiger charge is 2.14. The molecular weight excluding hydrogens is 304 g/mol. The molecular formula is C19H20N2OS. The largest absolute Gasteiger partial charge is 0.496 e. The molecule has 0 radical (unpaired) electrons. The maximum atomic E-state index is 5.85. The molecule has 0 aliphatic rings. The average Bonchev–Trinajstić information content (AvgIpc) is 3.03. The zero-order valence-electron chi connectivity index (χ0n) is 13.6. The van der Waals surface area contributed by atoms with Crippen LogP contribution in [-0.4, -0.2) is 12.1 Å². The van der Waals surface area contributed by atoms with Gasteiger partial charge in [0.05, 0.1) is 12.8 Å². The van der Waals surface area contributed by atoms with E-state index in [0.29, 0.717) is 6.54 Å². The Kier molecular flexibility index (Phi) is 4.46. The Balaban J connectivity index is 2.10. The lowest BCUT2D eigenvalue weighted by atomic mass is 10.0. The molecule has 0 spiro atoms. The Morgan fingerprint density at radius 1 is 1.13 bits per heavy atom. The summed E-state index contributed by atoms with van der Waals surface area (Å²) in [6, 6.07) is 12.4. The van der Waals surface area contributed by atoms with Gasteiger partial charge in [0.2, 0.25) is 0 Å². The van der Waals surface area contributed by atoms with Crippen LogP contribution in [0.25, 0.3) is 21.8 Å². The highest BCUT2D eigenvalue weighted by atomic mass is 32.1. The third kappa shape index (κ3) is 3.00. The summed E-state index contributed by atoms with van der Waals surface area (Å²) in [6.07, 6.45) is 0. The second kappa shape index (κ2) is 6.52. The lowest BCUT2D eigenvalue weighted by Crippen LogP contribution is -1.98. The molecule has 0 fully saturated rings. The van der Waals surface area contributed by atoms with Crippen molar-refractivity contribution in [3.8, 4) is 27.6 Å². The van der Waals surface area contributed by atoms with Crippen molar-refractivity contribution in [1.29, 1.82) is 0 Å². The van der Waals surface area contributed by atoms with Gasteiger partial charge in [0, 0.05) is 23.1 Å². The van der Waals surface area contributed by atoms with Crippen LogP contribution in [0.15, 0.2) is 41.8 Å². The van der Waals surface area contributed by atoms with E-state index in [2.05, 4.69) is 37.4 Å². The number of aryl methyl sites for hydroxylation is 2. The number of methoxy groups -OCH3 is 1. The smallest absolute Gasteiger partial charge is 0.131 e. The van der Waals surface area contributed by atoms with Crippen LogP contribution in [0.3, 0.4) is 0 Å². The number of ether oxygens (including phenoxy) is 1. The van der Waals surface area contributed by atoms with Gasteiger partial charge in [-0.05, 0) is 36.6 Å². The van der Waals surface area contributed by atoms with Crippen LogP contribution in [-0.2, 0) is 6.54 Å². The molecule has 0 saturated carbocycles. The van der Waals surface area contributed by atoms with E-state index in [1.165, 1.54) is 5.56 Å². The van der Waals surface area contributed by atoms with E-state index in [1.54, 1.807) is 18.4 Å².